The number of anilines is 1. The Morgan fingerprint density at radius 2 is 2.30 bits per heavy atom. The second-order valence-electron chi connectivity index (χ2n) is 5.66. The Balaban J connectivity index is 1.93. The smallest absolute Gasteiger partial charge is 0.217 e. The predicted molar refractivity (Wildman–Crippen MR) is 85.6 cm³/mol. The molecule has 7 nitrogen and oxygen atoms in total. The molecule has 1 N–H and O–H groups in total. The summed E-state index contributed by atoms with van der Waals surface area (Å²) in [7, 11) is 0. The van der Waals surface area contributed by atoms with Gasteiger partial charge in [-0.15, -0.1) is 0 Å². The zero-order valence-corrected chi connectivity index (χ0v) is 13.4. The van der Waals surface area contributed by atoms with Crippen LogP contribution in [0.5, 0.6) is 0 Å². The normalized spacial score (nSPS) is 17.3. The number of hydrogen-bond acceptors (Lipinski definition) is 6. The molecule has 0 radical (unpaired) electrons. The van der Waals surface area contributed by atoms with Crippen molar-refractivity contribution in [1.29, 1.82) is 0 Å². The molecule has 7 heteroatoms. The zero-order valence-electron chi connectivity index (χ0n) is 13.4. The lowest BCUT2D eigenvalue weighted by Crippen LogP contribution is -2.27. The highest BCUT2D eigenvalue weighted by molar-refractivity contribution is 5.72. The Kier molecular flexibility index (Phi) is 4.45. The molecule has 1 fully saturated rings. The van der Waals surface area contributed by atoms with Crippen molar-refractivity contribution in [3.63, 3.8) is 0 Å². The van der Waals surface area contributed by atoms with Gasteiger partial charge in [-0.05, 0) is 25.8 Å². The summed E-state index contributed by atoms with van der Waals surface area (Å²) in [4.78, 5) is 30.8. The molecule has 2 aromatic heterocycles. The third-order valence-electron chi connectivity index (χ3n) is 3.98. The van der Waals surface area contributed by atoms with Crippen molar-refractivity contribution in [2.24, 2.45) is 0 Å². The minimum atomic E-state index is -0.0596. The summed E-state index contributed by atoms with van der Waals surface area (Å²) in [5, 5.41) is 2.84. The summed E-state index contributed by atoms with van der Waals surface area (Å²) in [6, 6.07) is 2.07. The number of carbonyl (C=O) groups is 1. The summed E-state index contributed by atoms with van der Waals surface area (Å²) < 4.78 is 0. The number of nitrogens with one attached hydrogen (secondary N) is 1. The molecule has 1 unspecified atom stereocenters. The zero-order chi connectivity index (χ0) is 16.2. The molecule has 1 aliphatic rings. The van der Waals surface area contributed by atoms with Gasteiger partial charge in [-0.1, -0.05) is 0 Å². The van der Waals surface area contributed by atoms with Crippen LogP contribution in [0.1, 0.15) is 42.9 Å². The van der Waals surface area contributed by atoms with Crippen LogP contribution in [0.25, 0.3) is 0 Å². The summed E-state index contributed by atoms with van der Waals surface area (Å²) in [5.41, 5.74) is 1.93. The van der Waals surface area contributed by atoms with E-state index < -0.39 is 0 Å². The molecule has 0 bridgehead atoms. The molecule has 1 amide bonds. The maximum atomic E-state index is 11.2. The Labute approximate surface area is 135 Å². The van der Waals surface area contributed by atoms with E-state index in [9.17, 15) is 4.79 Å². The van der Waals surface area contributed by atoms with Gasteiger partial charge in [0.05, 0.1) is 11.7 Å². The van der Waals surface area contributed by atoms with Crippen molar-refractivity contribution in [2.75, 3.05) is 11.4 Å². The third kappa shape index (κ3) is 3.44. The van der Waals surface area contributed by atoms with E-state index >= 15 is 0 Å². The first kappa shape index (κ1) is 15.3. The Morgan fingerprint density at radius 1 is 1.43 bits per heavy atom. The van der Waals surface area contributed by atoms with Crippen LogP contribution in [0.2, 0.25) is 0 Å². The fraction of sp³-hybridized carbons (Fsp3) is 0.438. The van der Waals surface area contributed by atoms with E-state index in [4.69, 9.17) is 0 Å². The van der Waals surface area contributed by atoms with E-state index in [1.807, 2.05) is 19.2 Å². The molecule has 0 aliphatic carbocycles. The first-order valence-electron chi connectivity index (χ1n) is 7.74. The molecule has 1 saturated heterocycles. The number of rotatable bonds is 4. The highest BCUT2D eigenvalue weighted by Gasteiger charge is 2.30. The minimum absolute atomic E-state index is 0.0596. The highest BCUT2D eigenvalue weighted by atomic mass is 16.1. The van der Waals surface area contributed by atoms with Crippen molar-refractivity contribution < 1.29 is 4.79 Å². The number of amides is 1. The SMILES string of the molecule is CC(=O)NCc1cnc(C)nc1C1CCCN1c1ccncn1. The number of nitrogens with zero attached hydrogens (tertiary/aromatic N) is 5. The van der Waals surface area contributed by atoms with Crippen LogP contribution >= 0.6 is 0 Å². The molecular weight excluding hydrogens is 292 g/mol. The molecule has 3 rings (SSSR count). The topological polar surface area (TPSA) is 83.9 Å². The van der Waals surface area contributed by atoms with Crippen molar-refractivity contribution >= 4 is 11.7 Å². The Morgan fingerprint density at radius 3 is 3.04 bits per heavy atom. The highest BCUT2D eigenvalue weighted by Crippen LogP contribution is 2.35. The van der Waals surface area contributed by atoms with Gasteiger partial charge in [0.2, 0.25) is 5.91 Å². The lowest BCUT2D eigenvalue weighted by atomic mass is 10.1. The van der Waals surface area contributed by atoms with Crippen molar-refractivity contribution in [3.8, 4) is 0 Å². The Hall–Kier alpha value is -2.57. The fourth-order valence-corrected chi connectivity index (χ4v) is 2.94. The van der Waals surface area contributed by atoms with Crippen LogP contribution in [0.15, 0.2) is 24.8 Å². The standard InChI is InChI=1S/C16H20N6O/c1-11-18-8-13(9-19-12(2)23)16(21-11)14-4-3-7-22(14)15-5-6-17-10-20-15/h5-6,8,10,14H,3-4,7,9H2,1-2H3,(H,19,23). The lowest BCUT2D eigenvalue weighted by Gasteiger charge is -2.26. The van der Waals surface area contributed by atoms with Crippen LogP contribution in [0.4, 0.5) is 5.82 Å². The van der Waals surface area contributed by atoms with Crippen LogP contribution in [-0.2, 0) is 11.3 Å². The van der Waals surface area contributed by atoms with E-state index in [1.165, 1.54) is 6.92 Å². The first-order valence-corrected chi connectivity index (χ1v) is 7.74. The number of hydrogen-bond donors (Lipinski definition) is 1. The molecule has 120 valence electrons. The second-order valence-corrected chi connectivity index (χ2v) is 5.66. The molecule has 2 aromatic rings. The van der Waals surface area contributed by atoms with E-state index in [1.54, 1.807) is 12.5 Å². The number of carbonyl (C=O) groups excluding carboxylic acids is 1. The van der Waals surface area contributed by atoms with Gasteiger partial charge in [0.15, 0.2) is 0 Å². The monoisotopic (exact) mass is 312 g/mol. The maximum absolute atomic E-state index is 11.2. The van der Waals surface area contributed by atoms with E-state index in [2.05, 4.69) is 30.2 Å². The van der Waals surface area contributed by atoms with Crippen LogP contribution in [0, 0.1) is 6.92 Å². The van der Waals surface area contributed by atoms with Gasteiger partial charge in [0.25, 0.3) is 0 Å². The molecule has 23 heavy (non-hydrogen) atoms. The number of aromatic nitrogens is 4. The average molecular weight is 312 g/mol. The molecule has 3 heterocycles. The van der Waals surface area contributed by atoms with Crippen molar-refractivity contribution in [1.82, 2.24) is 25.3 Å². The van der Waals surface area contributed by atoms with Crippen molar-refractivity contribution in [2.45, 2.75) is 39.3 Å². The van der Waals surface area contributed by atoms with Crippen LogP contribution in [-0.4, -0.2) is 32.4 Å². The average Bonchev–Trinajstić information content (AvgIpc) is 3.03. The van der Waals surface area contributed by atoms with Crippen LogP contribution in [0.3, 0.4) is 0 Å². The molecule has 0 spiro atoms. The van der Waals surface area contributed by atoms with Crippen molar-refractivity contribution in [3.05, 3.63) is 41.9 Å². The van der Waals surface area contributed by atoms with Crippen LogP contribution < -0.4 is 10.2 Å². The Bertz CT molecular complexity index is 690. The molecule has 0 aromatic carbocycles. The lowest BCUT2D eigenvalue weighted by molar-refractivity contribution is -0.119. The quantitative estimate of drug-likeness (QED) is 0.922. The predicted octanol–water partition coefficient (Wildman–Crippen LogP) is 1.55. The summed E-state index contributed by atoms with van der Waals surface area (Å²) >= 11 is 0. The molecule has 1 aliphatic heterocycles. The van der Waals surface area contributed by atoms with Gasteiger partial charge in [-0.2, -0.15) is 0 Å². The van der Waals surface area contributed by atoms with Gasteiger partial charge in [-0.3, -0.25) is 4.79 Å². The molecular formula is C16H20N6O. The number of aryl methyl sites for hydroxylation is 1. The maximum Gasteiger partial charge on any atom is 0.217 e. The summed E-state index contributed by atoms with van der Waals surface area (Å²) in [5.74, 6) is 1.58. The summed E-state index contributed by atoms with van der Waals surface area (Å²) in [6.45, 7) is 4.77. The van der Waals surface area contributed by atoms with E-state index in [-0.39, 0.29) is 11.9 Å². The molecule has 0 saturated carbocycles. The van der Waals surface area contributed by atoms with Gasteiger partial charge in [0, 0.05) is 38.0 Å². The summed E-state index contributed by atoms with van der Waals surface area (Å²) in [6.07, 6.45) is 7.21. The van der Waals surface area contributed by atoms with Gasteiger partial charge in [0.1, 0.15) is 18.0 Å². The third-order valence-corrected chi connectivity index (χ3v) is 3.98. The largest absolute Gasteiger partial charge is 0.352 e. The minimum Gasteiger partial charge on any atom is -0.352 e. The second kappa shape index (κ2) is 6.68. The fourth-order valence-electron chi connectivity index (χ4n) is 2.94. The molecule has 1 atom stereocenters. The van der Waals surface area contributed by atoms with E-state index in [0.29, 0.717) is 6.54 Å². The first-order chi connectivity index (χ1) is 11.1. The van der Waals surface area contributed by atoms with Gasteiger partial charge >= 0.3 is 0 Å². The van der Waals surface area contributed by atoms with Gasteiger partial charge < -0.3 is 10.2 Å². The van der Waals surface area contributed by atoms with Gasteiger partial charge in [-0.25, -0.2) is 19.9 Å². The van der Waals surface area contributed by atoms with E-state index in [0.717, 1.165) is 42.3 Å².